The Bertz CT molecular complexity index is 948. The Labute approximate surface area is 189 Å². The fraction of sp³-hybridized carbons (Fsp3) is 0.391. The SMILES string of the molecule is CNC(=O)/C(=N/OC)c1cccc(C)c1CO/N=C(C)/C(N)=C/C(=S)C1=CCCCC1. The summed E-state index contributed by atoms with van der Waals surface area (Å²) in [5, 5.41) is 10.6. The summed E-state index contributed by atoms with van der Waals surface area (Å²) in [6, 6.07) is 5.57. The van der Waals surface area contributed by atoms with Crippen molar-refractivity contribution in [2.45, 2.75) is 46.1 Å². The molecule has 0 bridgehead atoms. The van der Waals surface area contributed by atoms with E-state index < -0.39 is 0 Å². The molecule has 0 spiro atoms. The van der Waals surface area contributed by atoms with Gasteiger partial charge in [0.15, 0.2) is 5.71 Å². The van der Waals surface area contributed by atoms with Crippen LogP contribution in [0, 0.1) is 6.92 Å². The number of hydrogen-bond donors (Lipinski definition) is 2. The average Bonchev–Trinajstić information content (AvgIpc) is 2.78. The molecule has 0 radical (unpaired) electrons. The highest BCUT2D eigenvalue weighted by Gasteiger charge is 2.19. The van der Waals surface area contributed by atoms with E-state index in [1.165, 1.54) is 26.2 Å². The monoisotopic (exact) mass is 442 g/mol. The number of nitrogens with zero attached hydrogens (tertiary/aromatic N) is 2. The van der Waals surface area contributed by atoms with E-state index in [1.54, 1.807) is 19.1 Å². The number of amides is 1. The smallest absolute Gasteiger partial charge is 0.273 e. The van der Waals surface area contributed by atoms with E-state index in [0.717, 1.165) is 35.3 Å². The highest BCUT2D eigenvalue weighted by Crippen LogP contribution is 2.20. The molecule has 1 aliphatic rings. The molecule has 0 unspecified atom stereocenters. The Balaban J connectivity index is 2.17. The largest absolute Gasteiger partial charge is 0.398 e. The standard InChI is InChI=1S/C23H30N4O3S/c1-15-9-8-12-18(22(27-29-4)23(28)25-3)19(15)14-30-26-16(2)20(24)13-21(31)17-10-6-5-7-11-17/h8-10,12-13H,5-7,11,14,24H2,1-4H3,(H,25,28)/b20-13-,26-16+,27-22+. The second kappa shape index (κ2) is 12.0. The number of carbonyl (C=O) groups excluding carboxylic acids is 1. The minimum atomic E-state index is -0.355. The molecule has 31 heavy (non-hydrogen) atoms. The van der Waals surface area contributed by atoms with E-state index in [4.69, 9.17) is 27.6 Å². The van der Waals surface area contributed by atoms with Crippen molar-refractivity contribution in [1.29, 1.82) is 0 Å². The van der Waals surface area contributed by atoms with Crippen molar-refractivity contribution in [3.8, 4) is 0 Å². The Kier molecular flexibility index (Phi) is 9.40. The first-order valence-electron chi connectivity index (χ1n) is 10.2. The molecule has 0 fully saturated rings. The van der Waals surface area contributed by atoms with Gasteiger partial charge in [-0.3, -0.25) is 4.79 Å². The molecule has 1 aromatic carbocycles. The number of benzene rings is 1. The molecule has 1 aliphatic carbocycles. The van der Waals surface area contributed by atoms with E-state index >= 15 is 0 Å². The Morgan fingerprint density at radius 2 is 2.10 bits per heavy atom. The third kappa shape index (κ3) is 6.75. The van der Waals surface area contributed by atoms with Crippen LogP contribution in [0.2, 0.25) is 0 Å². The fourth-order valence-electron chi connectivity index (χ4n) is 3.19. The molecule has 0 aromatic heterocycles. The maximum atomic E-state index is 12.2. The summed E-state index contributed by atoms with van der Waals surface area (Å²) in [5.41, 5.74) is 10.8. The van der Waals surface area contributed by atoms with E-state index in [0.29, 0.717) is 17.0 Å². The average molecular weight is 443 g/mol. The lowest BCUT2D eigenvalue weighted by molar-refractivity contribution is -0.114. The van der Waals surface area contributed by atoms with Crippen LogP contribution in [0.15, 0.2) is 51.9 Å². The van der Waals surface area contributed by atoms with Gasteiger partial charge in [-0.15, -0.1) is 0 Å². The summed E-state index contributed by atoms with van der Waals surface area (Å²) >= 11 is 5.50. The zero-order valence-electron chi connectivity index (χ0n) is 18.5. The summed E-state index contributed by atoms with van der Waals surface area (Å²) in [7, 11) is 2.93. The third-order valence-electron chi connectivity index (χ3n) is 5.01. The molecule has 1 aromatic rings. The van der Waals surface area contributed by atoms with Gasteiger partial charge < -0.3 is 20.7 Å². The van der Waals surface area contributed by atoms with Crippen LogP contribution < -0.4 is 11.1 Å². The summed E-state index contributed by atoms with van der Waals surface area (Å²) in [4.78, 5) is 23.4. The maximum absolute atomic E-state index is 12.2. The lowest BCUT2D eigenvalue weighted by Gasteiger charge is -2.13. The van der Waals surface area contributed by atoms with Crippen LogP contribution in [0.1, 0.15) is 49.3 Å². The fourth-order valence-corrected chi connectivity index (χ4v) is 3.50. The molecule has 3 N–H and O–H groups in total. The van der Waals surface area contributed by atoms with Gasteiger partial charge in [-0.05, 0) is 56.7 Å². The second-order valence-corrected chi connectivity index (χ2v) is 7.63. The van der Waals surface area contributed by atoms with Gasteiger partial charge in [-0.25, -0.2) is 0 Å². The van der Waals surface area contributed by atoms with E-state index in [1.807, 2.05) is 19.1 Å². The minimum Gasteiger partial charge on any atom is -0.398 e. The summed E-state index contributed by atoms with van der Waals surface area (Å²) in [6.45, 7) is 3.84. The van der Waals surface area contributed by atoms with Crippen LogP contribution in [-0.4, -0.2) is 36.4 Å². The summed E-state index contributed by atoms with van der Waals surface area (Å²) < 4.78 is 0. The van der Waals surface area contributed by atoms with Crippen molar-refractivity contribution < 1.29 is 14.5 Å². The number of aryl methyl sites for hydroxylation is 1. The zero-order chi connectivity index (χ0) is 22.8. The lowest BCUT2D eigenvalue weighted by atomic mass is 9.96. The summed E-state index contributed by atoms with van der Waals surface area (Å²) in [5.74, 6) is -0.355. The van der Waals surface area contributed by atoms with Gasteiger partial charge in [-0.1, -0.05) is 46.8 Å². The van der Waals surface area contributed by atoms with Crippen LogP contribution >= 0.6 is 12.2 Å². The quantitative estimate of drug-likeness (QED) is 0.263. The molecule has 0 saturated carbocycles. The second-order valence-electron chi connectivity index (χ2n) is 7.19. The number of carbonyl (C=O) groups is 1. The van der Waals surface area contributed by atoms with Crippen molar-refractivity contribution in [2.75, 3.05) is 14.2 Å². The molecular formula is C23H30N4O3S. The number of thiocarbonyl (C=S) groups is 1. The Morgan fingerprint density at radius 1 is 1.32 bits per heavy atom. The van der Waals surface area contributed by atoms with E-state index in [-0.39, 0.29) is 18.2 Å². The molecule has 0 atom stereocenters. The number of hydrogen-bond acceptors (Lipinski definition) is 7. The predicted octanol–water partition coefficient (Wildman–Crippen LogP) is 3.70. The normalized spacial score (nSPS) is 15.2. The van der Waals surface area contributed by atoms with Gasteiger partial charge in [-0.2, -0.15) is 0 Å². The number of oxime groups is 2. The lowest BCUT2D eigenvalue weighted by Crippen LogP contribution is -2.29. The van der Waals surface area contributed by atoms with Crippen molar-refractivity contribution in [3.05, 3.63) is 58.3 Å². The first-order chi connectivity index (χ1) is 14.9. The molecule has 0 aliphatic heterocycles. The molecule has 0 saturated heterocycles. The first kappa shape index (κ1) is 24.3. The zero-order valence-corrected chi connectivity index (χ0v) is 19.3. The van der Waals surface area contributed by atoms with Gasteiger partial charge in [0.25, 0.3) is 5.91 Å². The molecule has 0 heterocycles. The van der Waals surface area contributed by atoms with Crippen molar-refractivity contribution >= 4 is 34.4 Å². The number of nitrogens with one attached hydrogen (secondary N) is 1. The van der Waals surface area contributed by atoms with E-state index in [9.17, 15) is 4.79 Å². The number of rotatable bonds is 9. The third-order valence-corrected chi connectivity index (χ3v) is 5.39. The first-order valence-corrected chi connectivity index (χ1v) is 10.6. The van der Waals surface area contributed by atoms with Crippen LogP contribution in [-0.2, 0) is 21.1 Å². The van der Waals surface area contributed by atoms with E-state index in [2.05, 4.69) is 21.7 Å². The van der Waals surface area contributed by atoms with Gasteiger partial charge in [0.2, 0.25) is 0 Å². The van der Waals surface area contributed by atoms with Crippen LogP contribution in [0.25, 0.3) is 0 Å². The van der Waals surface area contributed by atoms with Gasteiger partial charge >= 0.3 is 0 Å². The highest BCUT2D eigenvalue weighted by molar-refractivity contribution is 7.81. The van der Waals surface area contributed by atoms with Crippen LogP contribution in [0.5, 0.6) is 0 Å². The maximum Gasteiger partial charge on any atom is 0.273 e. The number of likely N-dealkylation sites (N-methyl/N-ethyl adjacent to an activating group) is 1. The molecule has 1 amide bonds. The van der Waals surface area contributed by atoms with Crippen molar-refractivity contribution in [2.24, 2.45) is 16.0 Å². The van der Waals surface area contributed by atoms with Gasteiger partial charge in [0.05, 0.1) is 11.4 Å². The van der Waals surface area contributed by atoms with Crippen molar-refractivity contribution in [1.82, 2.24) is 5.32 Å². The number of nitrogens with two attached hydrogens (primary N) is 1. The van der Waals surface area contributed by atoms with Crippen LogP contribution in [0.4, 0.5) is 0 Å². The predicted molar refractivity (Wildman–Crippen MR) is 128 cm³/mol. The molecule has 8 heteroatoms. The Morgan fingerprint density at radius 3 is 2.74 bits per heavy atom. The van der Waals surface area contributed by atoms with Gasteiger partial charge in [0.1, 0.15) is 13.7 Å². The van der Waals surface area contributed by atoms with Crippen molar-refractivity contribution in [3.63, 3.8) is 0 Å². The minimum absolute atomic E-state index is 0.141. The molecular weight excluding hydrogens is 412 g/mol. The topological polar surface area (TPSA) is 98.3 Å². The summed E-state index contributed by atoms with van der Waals surface area (Å²) in [6.07, 6.45) is 8.35. The Hall–Kier alpha value is -3.00. The molecule has 166 valence electrons. The number of allylic oxidation sites excluding steroid dienone is 4. The molecule has 7 nitrogen and oxygen atoms in total. The van der Waals surface area contributed by atoms with Gasteiger partial charge in [0, 0.05) is 23.0 Å². The highest BCUT2D eigenvalue weighted by atomic mass is 32.1. The molecule has 2 rings (SSSR count). The van der Waals surface area contributed by atoms with Crippen LogP contribution in [0.3, 0.4) is 0 Å².